The predicted molar refractivity (Wildman–Crippen MR) is 90.7 cm³/mol. The lowest BCUT2D eigenvalue weighted by Gasteiger charge is -2.08. The molecule has 4 rings (SSSR count). The number of rotatable bonds is 3. The predicted octanol–water partition coefficient (Wildman–Crippen LogP) is 5.54. The van der Waals surface area contributed by atoms with Gasteiger partial charge in [0.2, 0.25) is 0 Å². The fraction of sp³-hybridized carbons (Fsp3) is 0.235. The van der Waals surface area contributed by atoms with Crippen LogP contribution in [0.25, 0.3) is 22.4 Å². The van der Waals surface area contributed by atoms with Gasteiger partial charge in [0.15, 0.2) is 0 Å². The second-order valence-corrected chi connectivity index (χ2v) is 6.68. The molecule has 1 heterocycles. The van der Waals surface area contributed by atoms with E-state index in [1.54, 1.807) is 0 Å². The summed E-state index contributed by atoms with van der Waals surface area (Å²) in [4.78, 5) is 4.86. The van der Waals surface area contributed by atoms with Crippen molar-refractivity contribution in [3.63, 3.8) is 0 Å². The summed E-state index contributed by atoms with van der Waals surface area (Å²) in [6, 6.07) is 15.3. The number of halogens is 2. The standard InChI is InChI=1S/C17H14BrClN2/c18-13-5-8-16-15(9-13)20-17(21(16)14-6-7-14)12-3-1-11(10-19)2-4-12/h1-5,8-9,14H,6-7,10H2. The van der Waals surface area contributed by atoms with Crippen LogP contribution < -0.4 is 0 Å². The minimum atomic E-state index is 0.548. The molecule has 1 aliphatic carbocycles. The van der Waals surface area contributed by atoms with Gasteiger partial charge in [-0.15, -0.1) is 11.6 Å². The second kappa shape index (κ2) is 5.15. The zero-order chi connectivity index (χ0) is 14.4. The van der Waals surface area contributed by atoms with Gasteiger partial charge in [-0.05, 0) is 36.6 Å². The molecule has 1 aliphatic rings. The molecule has 0 unspecified atom stereocenters. The molecule has 1 aromatic heterocycles. The maximum Gasteiger partial charge on any atom is 0.141 e. The van der Waals surface area contributed by atoms with Gasteiger partial charge in [0.1, 0.15) is 5.82 Å². The van der Waals surface area contributed by atoms with Crippen LogP contribution in [0.15, 0.2) is 46.9 Å². The van der Waals surface area contributed by atoms with E-state index in [-0.39, 0.29) is 0 Å². The number of hydrogen-bond donors (Lipinski definition) is 0. The SMILES string of the molecule is ClCc1ccc(-c2nc3cc(Br)ccc3n2C2CC2)cc1. The zero-order valence-electron chi connectivity index (χ0n) is 11.4. The van der Waals surface area contributed by atoms with Gasteiger partial charge in [-0.25, -0.2) is 4.98 Å². The Morgan fingerprint density at radius 3 is 2.57 bits per heavy atom. The van der Waals surface area contributed by atoms with E-state index in [2.05, 4.69) is 63.0 Å². The monoisotopic (exact) mass is 360 g/mol. The van der Waals surface area contributed by atoms with Crippen LogP contribution in [-0.2, 0) is 5.88 Å². The first kappa shape index (κ1) is 13.4. The Balaban J connectivity index is 1.91. The summed E-state index contributed by atoms with van der Waals surface area (Å²) >= 11 is 9.40. The number of benzene rings is 2. The number of hydrogen-bond acceptors (Lipinski definition) is 1. The van der Waals surface area contributed by atoms with E-state index in [1.165, 1.54) is 18.4 Å². The van der Waals surface area contributed by atoms with Crippen molar-refractivity contribution in [3.8, 4) is 11.4 Å². The molecule has 0 atom stereocenters. The van der Waals surface area contributed by atoms with Crippen molar-refractivity contribution in [1.82, 2.24) is 9.55 Å². The Morgan fingerprint density at radius 2 is 1.90 bits per heavy atom. The van der Waals surface area contributed by atoms with Gasteiger partial charge in [-0.3, -0.25) is 0 Å². The average molecular weight is 362 g/mol. The Labute approximate surface area is 136 Å². The Morgan fingerprint density at radius 1 is 1.14 bits per heavy atom. The van der Waals surface area contributed by atoms with E-state index in [0.29, 0.717) is 11.9 Å². The fourth-order valence-electron chi connectivity index (χ4n) is 2.72. The molecule has 0 N–H and O–H groups in total. The van der Waals surface area contributed by atoms with E-state index in [0.717, 1.165) is 26.9 Å². The average Bonchev–Trinajstić information content (AvgIpc) is 3.28. The van der Waals surface area contributed by atoms with Gasteiger partial charge < -0.3 is 4.57 Å². The molecule has 4 heteroatoms. The van der Waals surface area contributed by atoms with Crippen LogP contribution in [0, 0.1) is 0 Å². The number of fused-ring (bicyclic) bond motifs is 1. The molecule has 2 aromatic carbocycles. The highest BCUT2D eigenvalue weighted by Crippen LogP contribution is 2.41. The summed E-state index contributed by atoms with van der Waals surface area (Å²) in [6.07, 6.45) is 2.49. The van der Waals surface area contributed by atoms with Gasteiger partial charge >= 0.3 is 0 Å². The quantitative estimate of drug-likeness (QED) is 0.560. The van der Waals surface area contributed by atoms with Crippen LogP contribution in [0.4, 0.5) is 0 Å². The van der Waals surface area contributed by atoms with Crippen LogP contribution >= 0.6 is 27.5 Å². The number of nitrogens with zero attached hydrogens (tertiary/aromatic N) is 2. The maximum atomic E-state index is 5.87. The lowest BCUT2D eigenvalue weighted by atomic mass is 10.1. The highest BCUT2D eigenvalue weighted by molar-refractivity contribution is 9.10. The number of alkyl halides is 1. The minimum absolute atomic E-state index is 0.548. The van der Waals surface area contributed by atoms with Crippen LogP contribution in [0.5, 0.6) is 0 Å². The Kier molecular flexibility index (Phi) is 3.27. The first-order valence-electron chi connectivity index (χ1n) is 7.09. The molecule has 0 aliphatic heterocycles. The largest absolute Gasteiger partial charge is 0.321 e. The Bertz CT molecular complexity index is 804. The number of aromatic nitrogens is 2. The summed E-state index contributed by atoms with van der Waals surface area (Å²) in [6.45, 7) is 0. The third-order valence-electron chi connectivity index (χ3n) is 3.93. The summed E-state index contributed by atoms with van der Waals surface area (Å²) in [5.41, 5.74) is 4.56. The van der Waals surface area contributed by atoms with Crippen molar-refractivity contribution in [2.24, 2.45) is 0 Å². The van der Waals surface area contributed by atoms with Gasteiger partial charge in [-0.1, -0.05) is 40.2 Å². The molecule has 0 bridgehead atoms. The maximum absolute atomic E-state index is 5.87. The molecule has 3 aromatic rings. The molecule has 1 fully saturated rings. The number of imidazole rings is 1. The topological polar surface area (TPSA) is 17.8 Å². The fourth-order valence-corrected chi connectivity index (χ4v) is 3.25. The van der Waals surface area contributed by atoms with E-state index >= 15 is 0 Å². The minimum Gasteiger partial charge on any atom is -0.321 e. The van der Waals surface area contributed by atoms with E-state index in [1.807, 2.05) is 0 Å². The van der Waals surface area contributed by atoms with Gasteiger partial charge in [0.25, 0.3) is 0 Å². The summed E-state index contributed by atoms with van der Waals surface area (Å²) < 4.78 is 3.46. The molecular weight excluding hydrogens is 348 g/mol. The normalized spacial score (nSPS) is 14.8. The molecule has 21 heavy (non-hydrogen) atoms. The molecule has 0 saturated heterocycles. The van der Waals surface area contributed by atoms with Crippen LogP contribution in [0.3, 0.4) is 0 Å². The molecule has 0 amide bonds. The van der Waals surface area contributed by atoms with Crippen molar-refractivity contribution in [3.05, 3.63) is 52.5 Å². The third-order valence-corrected chi connectivity index (χ3v) is 4.73. The molecule has 106 valence electrons. The molecule has 2 nitrogen and oxygen atoms in total. The third kappa shape index (κ3) is 2.39. The van der Waals surface area contributed by atoms with Crippen molar-refractivity contribution in [2.45, 2.75) is 24.8 Å². The van der Waals surface area contributed by atoms with E-state index < -0.39 is 0 Å². The summed E-state index contributed by atoms with van der Waals surface area (Å²) in [5.74, 6) is 1.61. The van der Waals surface area contributed by atoms with Gasteiger partial charge in [0.05, 0.1) is 11.0 Å². The van der Waals surface area contributed by atoms with Crippen molar-refractivity contribution in [2.75, 3.05) is 0 Å². The van der Waals surface area contributed by atoms with Crippen molar-refractivity contribution in [1.29, 1.82) is 0 Å². The highest BCUT2D eigenvalue weighted by atomic mass is 79.9. The molecule has 0 radical (unpaired) electrons. The highest BCUT2D eigenvalue weighted by Gasteiger charge is 2.28. The van der Waals surface area contributed by atoms with Crippen LogP contribution in [0.2, 0.25) is 0 Å². The summed E-state index contributed by atoms with van der Waals surface area (Å²) in [7, 11) is 0. The molecule has 0 spiro atoms. The molecular formula is C17H14BrClN2. The van der Waals surface area contributed by atoms with E-state index in [4.69, 9.17) is 16.6 Å². The smallest absolute Gasteiger partial charge is 0.141 e. The van der Waals surface area contributed by atoms with E-state index in [9.17, 15) is 0 Å². The van der Waals surface area contributed by atoms with Crippen molar-refractivity contribution < 1.29 is 0 Å². The lowest BCUT2D eigenvalue weighted by Crippen LogP contribution is -1.97. The van der Waals surface area contributed by atoms with Crippen LogP contribution in [-0.4, -0.2) is 9.55 Å². The first-order valence-corrected chi connectivity index (χ1v) is 8.42. The van der Waals surface area contributed by atoms with Crippen LogP contribution in [0.1, 0.15) is 24.4 Å². The molecule has 1 saturated carbocycles. The summed E-state index contributed by atoms with van der Waals surface area (Å²) in [5, 5.41) is 0. The Hall–Kier alpha value is -1.32. The van der Waals surface area contributed by atoms with Gasteiger partial charge in [-0.2, -0.15) is 0 Å². The second-order valence-electron chi connectivity index (χ2n) is 5.50. The lowest BCUT2D eigenvalue weighted by molar-refractivity contribution is 0.775. The zero-order valence-corrected chi connectivity index (χ0v) is 13.7. The van der Waals surface area contributed by atoms with Crippen molar-refractivity contribution >= 4 is 38.6 Å². The first-order chi connectivity index (χ1) is 10.3. The van der Waals surface area contributed by atoms with Gasteiger partial charge in [0, 0.05) is 22.0 Å².